The quantitative estimate of drug-likeness (QED) is 0.364. The number of hydrogen-bond donors (Lipinski definition) is 4. The summed E-state index contributed by atoms with van der Waals surface area (Å²) in [4.78, 5) is 12.1. The first-order valence-electron chi connectivity index (χ1n) is 6.09. The minimum Gasteiger partial charge on any atom is -0.504 e. The Labute approximate surface area is 137 Å². The maximum Gasteiger partial charge on any atom is 0.201 e. The van der Waals surface area contributed by atoms with Crippen LogP contribution in [0.2, 0.25) is 0 Å². The predicted octanol–water partition coefficient (Wildman–Crippen LogP) is 2.89. The fraction of sp³-hybridized carbons (Fsp3) is 0. The summed E-state index contributed by atoms with van der Waals surface area (Å²) in [5.74, 6) is -1.48. The highest BCUT2D eigenvalue weighted by atomic mass is 123. The zero-order valence-electron chi connectivity index (χ0n) is 10.9. The van der Waals surface area contributed by atoms with E-state index in [0.717, 1.165) is 0 Å². The molecule has 0 atom stereocenters. The maximum absolute atomic E-state index is 12.1. The Morgan fingerprint density at radius 2 is 1.64 bits per heavy atom. The normalized spacial score (nSPS) is 11.0. The lowest BCUT2D eigenvalue weighted by Crippen LogP contribution is -2.00. The van der Waals surface area contributed by atoms with Gasteiger partial charge in [0.1, 0.15) is 5.76 Å². The zero-order valence-corrected chi connectivity index (χ0v) is 13.0. The van der Waals surface area contributed by atoms with Gasteiger partial charge in [-0.05, 0) is 46.9 Å². The monoisotopic (exact) mass is 408 g/mol. The van der Waals surface area contributed by atoms with E-state index in [1.54, 1.807) is 0 Å². The molecule has 6 nitrogen and oxygen atoms in total. The molecule has 0 spiro atoms. The molecule has 0 aliphatic heterocycles. The van der Waals surface area contributed by atoms with Crippen LogP contribution in [0.1, 0.15) is 0 Å². The van der Waals surface area contributed by atoms with Crippen LogP contribution >= 0.6 is 22.6 Å². The van der Waals surface area contributed by atoms with Crippen LogP contribution in [-0.4, -0.2) is 20.4 Å². The van der Waals surface area contributed by atoms with Crippen molar-refractivity contribution in [1.82, 2.24) is 0 Å². The Morgan fingerprint density at radius 1 is 0.909 bits per heavy atom. The van der Waals surface area contributed by atoms with E-state index in [1.807, 2.05) is 22.6 Å². The van der Waals surface area contributed by atoms with Gasteiger partial charge in [-0.3, -0.25) is 4.79 Å². The Morgan fingerprint density at radius 3 is 2.32 bits per heavy atom. The van der Waals surface area contributed by atoms with Gasteiger partial charge in [0.05, 0.1) is 8.96 Å². The van der Waals surface area contributed by atoms with Crippen molar-refractivity contribution >= 4 is 33.6 Å². The smallest absolute Gasteiger partial charge is 0.201 e. The highest BCUT2D eigenvalue weighted by Crippen LogP contribution is 2.38. The molecule has 7 heteroatoms. The molecule has 0 aliphatic rings. The van der Waals surface area contributed by atoms with Crippen molar-refractivity contribution in [3.63, 3.8) is 0 Å². The standard InChI is InChI=1S/C15H9IO6/c16-8-3-6(4-11(19)13(8)20)12-5-10(18)7-1-2-9(17)14(21)15(7)22-12/h1-5,17,19-21H/i16-4. The van der Waals surface area contributed by atoms with E-state index >= 15 is 0 Å². The summed E-state index contributed by atoms with van der Waals surface area (Å²) in [5, 5.41) is 38.7. The van der Waals surface area contributed by atoms with Gasteiger partial charge in [0.25, 0.3) is 0 Å². The van der Waals surface area contributed by atoms with E-state index in [9.17, 15) is 25.2 Å². The predicted molar refractivity (Wildman–Crippen MR) is 87.3 cm³/mol. The average molecular weight is 408 g/mol. The lowest BCUT2D eigenvalue weighted by Gasteiger charge is -2.08. The van der Waals surface area contributed by atoms with Crippen molar-refractivity contribution in [1.29, 1.82) is 0 Å². The van der Waals surface area contributed by atoms with Crippen molar-refractivity contribution in [2.24, 2.45) is 0 Å². The lowest BCUT2D eigenvalue weighted by atomic mass is 10.1. The first kappa shape index (κ1) is 14.5. The summed E-state index contributed by atoms with van der Waals surface area (Å²) in [6.07, 6.45) is 0. The molecule has 0 saturated carbocycles. The number of hydrogen-bond acceptors (Lipinski definition) is 6. The molecule has 0 fully saturated rings. The topological polar surface area (TPSA) is 111 Å². The number of aromatic hydroxyl groups is 4. The zero-order chi connectivity index (χ0) is 16.0. The molecule has 0 aliphatic carbocycles. The lowest BCUT2D eigenvalue weighted by molar-refractivity contribution is 0.399. The number of phenolic OH excluding ortho intramolecular Hbond substituents is 4. The summed E-state index contributed by atoms with van der Waals surface area (Å²) >= 11 is 1.82. The van der Waals surface area contributed by atoms with Gasteiger partial charge in [0.15, 0.2) is 28.3 Å². The third-order valence-corrected chi connectivity index (χ3v) is 4.00. The molecule has 22 heavy (non-hydrogen) atoms. The first-order chi connectivity index (χ1) is 10.4. The van der Waals surface area contributed by atoms with E-state index < -0.39 is 16.9 Å². The van der Waals surface area contributed by atoms with E-state index in [2.05, 4.69) is 0 Å². The number of fused-ring (bicyclic) bond motifs is 1. The Bertz CT molecular complexity index is 937. The van der Waals surface area contributed by atoms with Crippen LogP contribution in [0.4, 0.5) is 0 Å². The van der Waals surface area contributed by atoms with Crippen molar-refractivity contribution in [2.75, 3.05) is 0 Å². The molecule has 0 saturated heterocycles. The summed E-state index contributed by atoms with van der Waals surface area (Å²) in [6.45, 7) is 0. The summed E-state index contributed by atoms with van der Waals surface area (Å²) in [5.41, 5.74) is -0.208. The highest BCUT2D eigenvalue weighted by molar-refractivity contribution is 14.1. The Kier molecular flexibility index (Phi) is 3.36. The minimum absolute atomic E-state index is 0.0895. The molecular weight excluding hydrogens is 399 g/mol. The molecule has 4 N–H and O–H groups in total. The average Bonchev–Trinajstić information content (AvgIpc) is 2.48. The van der Waals surface area contributed by atoms with Crippen LogP contribution in [0.15, 0.2) is 39.5 Å². The van der Waals surface area contributed by atoms with Crippen LogP contribution in [-0.2, 0) is 0 Å². The molecular formula is C15H9IO6. The number of phenols is 4. The molecule has 0 unspecified atom stereocenters. The molecule has 3 aromatic rings. The Balaban J connectivity index is 2.33. The third-order valence-electron chi connectivity index (χ3n) is 3.18. The van der Waals surface area contributed by atoms with Crippen molar-refractivity contribution in [3.8, 4) is 34.3 Å². The molecule has 2 aromatic carbocycles. The third kappa shape index (κ3) is 2.23. The van der Waals surface area contributed by atoms with Gasteiger partial charge in [0.2, 0.25) is 5.75 Å². The van der Waals surface area contributed by atoms with Gasteiger partial charge < -0.3 is 24.8 Å². The molecule has 3 rings (SSSR count). The number of rotatable bonds is 1. The van der Waals surface area contributed by atoms with Crippen LogP contribution in [0.25, 0.3) is 22.3 Å². The molecule has 0 bridgehead atoms. The fourth-order valence-corrected chi connectivity index (χ4v) is 2.68. The van der Waals surface area contributed by atoms with Gasteiger partial charge in [-0.25, -0.2) is 0 Å². The molecule has 0 amide bonds. The van der Waals surface area contributed by atoms with Gasteiger partial charge in [-0.2, -0.15) is 0 Å². The fourth-order valence-electron chi connectivity index (χ4n) is 2.06. The SMILES string of the molecule is O=c1cc(-c2cc(O)c(O)c([123I])c2)oc2c(O)c(O)ccc12. The highest BCUT2D eigenvalue weighted by Gasteiger charge is 2.15. The van der Waals surface area contributed by atoms with Crippen LogP contribution in [0.3, 0.4) is 0 Å². The van der Waals surface area contributed by atoms with Gasteiger partial charge >= 0.3 is 0 Å². The van der Waals surface area contributed by atoms with E-state index in [4.69, 9.17) is 4.42 Å². The number of halogens is 1. The second-order valence-corrected chi connectivity index (χ2v) is 5.77. The largest absolute Gasteiger partial charge is 0.504 e. The summed E-state index contributed by atoms with van der Waals surface area (Å²) in [7, 11) is 0. The molecule has 112 valence electrons. The number of benzene rings is 2. The second-order valence-electron chi connectivity index (χ2n) is 4.61. The minimum atomic E-state index is -0.533. The van der Waals surface area contributed by atoms with Crippen LogP contribution in [0, 0.1) is 3.57 Å². The van der Waals surface area contributed by atoms with E-state index in [1.165, 1.54) is 30.3 Å². The Hall–Kier alpha value is -2.42. The molecule has 0 radical (unpaired) electrons. The van der Waals surface area contributed by atoms with E-state index in [-0.39, 0.29) is 28.2 Å². The first-order valence-corrected chi connectivity index (χ1v) is 7.17. The van der Waals surface area contributed by atoms with Crippen molar-refractivity contribution in [3.05, 3.63) is 44.1 Å². The van der Waals surface area contributed by atoms with Gasteiger partial charge in [0, 0.05) is 11.6 Å². The van der Waals surface area contributed by atoms with Crippen LogP contribution in [0.5, 0.6) is 23.0 Å². The second kappa shape index (κ2) is 5.09. The maximum atomic E-state index is 12.1. The van der Waals surface area contributed by atoms with Crippen LogP contribution < -0.4 is 5.43 Å². The van der Waals surface area contributed by atoms with E-state index in [0.29, 0.717) is 9.13 Å². The van der Waals surface area contributed by atoms with Crippen molar-refractivity contribution < 1.29 is 24.8 Å². The molecule has 1 aromatic heterocycles. The van der Waals surface area contributed by atoms with Gasteiger partial charge in [-0.15, -0.1) is 0 Å². The molecule has 1 heterocycles. The summed E-state index contributed by atoms with van der Waals surface area (Å²) < 4.78 is 5.85. The summed E-state index contributed by atoms with van der Waals surface area (Å²) in [6, 6.07) is 6.50. The van der Waals surface area contributed by atoms with Crippen molar-refractivity contribution in [2.45, 2.75) is 0 Å². The van der Waals surface area contributed by atoms with Gasteiger partial charge in [-0.1, -0.05) is 0 Å².